The second kappa shape index (κ2) is 5.79. The van der Waals surface area contributed by atoms with Gasteiger partial charge < -0.3 is 4.90 Å². The molecule has 0 aliphatic carbocycles. The van der Waals surface area contributed by atoms with Crippen LogP contribution < -0.4 is 23.8 Å². The molecule has 2 aromatic rings. The van der Waals surface area contributed by atoms with Crippen LogP contribution in [0.25, 0.3) is 0 Å². The van der Waals surface area contributed by atoms with E-state index in [-0.39, 0.29) is 18.9 Å². The minimum Gasteiger partial charge on any atom is -0.368 e. The molecule has 2 rings (SSSR count). The molecule has 0 spiro atoms. The van der Waals surface area contributed by atoms with Crippen LogP contribution in [0.5, 0.6) is 0 Å². The molecule has 0 N–H and O–H groups in total. The Morgan fingerprint density at radius 1 is 0.938 bits per heavy atom. The van der Waals surface area contributed by atoms with Gasteiger partial charge in [0.2, 0.25) is 0 Å². The van der Waals surface area contributed by atoms with E-state index in [2.05, 4.69) is 55.3 Å². The topological polar surface area (TPSA) is 3.24 Å². The fraction of sp³-hybridized carbons (Fsp3) is 0.143. The summed E-state index contributed by atoms with van der Waals surface area (Å²) in [4.78, 5) is 2.13. The number of aryl methyl sites for hydroxylation is 1. The van der Waals surface area contributed by atoms with Gasteiger partial charge >= 0.3 is 18.9 Å². The van der Waals surface area contributed by atoms with Crippen LogP contribution in [0.3, 0.4) is 0 Å². The zero-order valence-electron chi connectivity index (χ0n) is 10.1. The van der Waals surface area contributed by atoms with E-state index >= 15 is 0 Å². The molecule has 0 unspecified atom stereocenters. The smallest absolute Gasteiger partial charge is 0.368 e. The fourth-order valence-electron chi connectivity index (χ4n) is 1.56. The monoisotopic (exact) mass is 203 g/mol. The third-order valence-electron chi connectivity index (χ3n) is 2.43. The summed E-state index contributed by atoms with van der Waals surface area (Å²) in [5.74, 6) is 0. The third kappa shape index (κ3) is 2.92. The van der Waals surface area contributed by atoms with Crippen molar-refractivity contribution < 1.29 is 18.9 Å². The molecular formula is C14H14LiN. The van der Waals surface area contributed by atoms with Crippen LogP contribution in [0.15, 0.2) is 48.5 Å². The number of anilines is 2. The summed E-state index contributed by atoms with van der Waals surface area (Å²) in [7, 11) is 2.06. The van der Waals surface area contributed by atoms with Gasteiger partial charge in [-0.2, -0.15) is 23.8 Å². The molecule has 2 aromatic carbocycles. The summed E-state index contributed by atoms with van der Waals surface area (Å²) < 4.78 is 0. The van der Waals surface area contributed by atoms with Crippen molar-refractivity contribution in [1.82, 2.24) is 0 Å². The molecule has 0 heterocycles. The number of nitrogens with zero attached hydrogens (tertiary/aromatic N) is 1. The largest absolute Gasteiger partial charge is 1.00 e. The van der Waals surface area contributed by atoms with Crippen LogP contribution in [-0.4, -0.2) is 7.05 Å². The molecule has 0 saturated heterocycles. The minimum atomic E-state index is 0. The molecule has 0 fully saturated rings. The van der Waals surface area contributed by atoms with Gasteiger partial charge in [0.05, 0.1) is 0 Å². The van der Waals surface area contributed by atoms with Gasteiger partial charge in [-0.1, -0.05) is 30.8 Å². The van der Waals surface area contributed by atoms with Gasteiger partial charge in [-0.05, 0) is 12.1 Å². The van der Waals surface area contributed by atoms with Gasteiger partial charge in [-0.3, -0.25) is 0 Å². The number of hydrogen-bond donors (Lipinski definition) is 0. The van der Waals surface area contributed by atoms with Gasteiger partial charge in [-0.15, -0.1) is 6.07 Å². The van der Waals surface area contributed by atoms with Crippen molar-refractivity contribution in [3.05, 3.63) is 60.2 Å². The molecule has 0 amide bonds. The maximum absolute atomic E-state index is 3.33. The first-order chi connectivity index (χ1) is 7.27. The van der Waals surface area contributed by atoms with Gasteiger partial charge in [0.1, 0.15) is 0 Å². The number of benzene rings is 2. The van der Waals surface area contributed by atoms with E-state index in [9.17, 15) is 0 Å². The van der Waals surface area contributed by atoms with Crippen molar-refractivity contribution in [3.8, 4) is 0 Å². The number of hydrogen-bond acceptors (Lipinski definition) is 1. The summed E-state index contributed by atoms with van der Waals surface area (Å²) in [5, 5.41) is 0. The van der Waals surface area contributed by atoms with Crippen LogP contribution >= 0.6 is 0 Å². The Morgan fingerprint density at radius 3 is 2.25 bits per heavy atom. The average molecular weight is 203 g/mol. The van der Waals surface area contributed by atoms with Crippen molar-refractivity contribution in [1.29, 1.82) is 0 Å². The Hall–Kier alpha value is -1.16. The molecule has 0 atom stereocenters. The molecule has 0 aliphatic rings. The predicted molar refractivity (Wildman–Crippen MR) is 64.5 cm³/mol. The molecule has 76 valence electrons. The van der Waals surface area contributed by atoms with E-state index in [1.807, 2.05) is 18.2 Å². The summed E-state index contributed by atoms with van der Waals surface area (Å²) in [6.45, 7) is 2.06. The summed E-state index contributed by atoms with van der Waals surface area (Å²) >= 11 is 0. The number of para-hydroxylation sites is 1. The Morgan fingerprint density at radius 2 is 1.62 bits per heavy atom. The van der Waals surface area contributed by atoms with Crippen LogP contribution in [-0.2, 0) is 0 Å². The van der Waals surface area contributed by atoms with Crippen LogP contribution in [0.4, 0.5) is 11.4 Å². The average Bonchev–Trinajstić information content (AvgIpc) is 2.29. The molecular weight excluding hydrogens is 189 g/mol. The van der Waals surface area contributed by atoms with Crippen LogP contribution in [0.2, 0.25) is 0 Å². The van der Waals surface area contributed by atoms with Gasteiger partial charge in [0.25, 0.3) is 0 Å². The number of rotatable bonds is 2. The maximum Gasteiger partial charge on any atom is 1.00 e. The third-order valence-corrected chi connectivity index (χ3v) is 2.43. The van der Waals surface area contributed by atoms with E-state index in [1.54, 1.807) is 0 Å². The van der Waals surface area contributed by atoms with Gasteiger partial charge in [0, 0.05) is 12.7 Å². The van der Waals surface area contributed by atoms with Gasteiger partial charge in [-0.25, -0.2) is 0 Å². The summed E-state index contributed by atoms with van der Waals surface area (Å²) in [6, 6.07) is 19.8. The van der Waals surface area contributed by atoms with Crippen molar-refractivity contribution in [2.75, 3.05) is 11.9 Å². The predicted octanol–water partition coefficient (Wildman–Crippen LogP) is 0.567. The van der Waals surface area contributed by atoms with E-state index < -0.39 is 0 Å². The quantitative estimate of drug-likeness (QED) is 0.509. The molecule has 0 saturated carbocycles. The normalized spacial score (nSPS) is 9.38. The Bertz CT molecular complexity index is 439. The molecule has 0 aromatic heterocycles. The molecule has 16 heavy (non-hydrogen) atoms. The second-order valence-corrected chi connectivity index (χ2v) is 3.61. The van der Waals surface area contributed by atoms with E-state index in [0.29, 0.717) is 0 Å². The zero-order chi connectivity index (χ0) is 10.7. The molecule has 1 nitrogen and oxygen atoms in total. The fourth-order valence-corrected chi connectivity index (χ4v) is 1.56. The van der Waals surface area contributed by atoms with Crippen LogP contribution in [0, 0.1) is 13.0 Å². The SMILES string of the molecule is Cc1[c-]c(N(C)c2ccccc2)ccc1.[Li+]. The van der Waals surface area contributed by atoms with E-state index in [0.717, 1.165) is 11.3 Å². The van der Waals surface area contributed by atoms with E-state index in [4.69, 9.17) is 0 Å². The first kappa shape index (κ1) is 12.9. The summed E-state index contributed by atoms with van der Waals surface area (Å²) in [6.07, 6.45) is 0. The molecule has 2 heteroatoms. The standard InChI is InChI=1S/C14H14N.Li/c1-12-7-6-10-14(11-12)15(2)13-8-4-3-5-9-13;/h3-10H,1-2H3;/q-1;+1. The Balaban J connectivity index is 0.00000128. The zero-order valence-corrected chi connectivity index (χ0v) is 10.1. The van der Waals surface area contributed by atoms with Crippen molar-refractivity contribution >= 4 is 11.4 Å². The minimum absolute atomic E-state index is 0. The molecule has 0 aliphatic heterocycles. The van der Waals surface area contributed by atoms with Crippen molar-refractivity contribution in [2.45, 2.75) is 6.92 Å². The maximum atomic E-state index is 3.33. The van der Waals surface area contributed by atoms with Crippen molar-refractivity contribution in [3.63, 3.8) is 0 Å². The Labute approximate surface area is 109 Å². The molecule has 0 bridgehead atoms. The second-order valence-electron chi connectivity index (χ2n) is 3.61. The summed E-state index contributed by atoms with van der Waals surface area (Å²) in [5.41, 5.74) is 3.44. The van der Waals surface area contributed by atoms with Crippen LogP contribution in [0.1, 0.15) is 5.56 Å². The van der Waals surface area contributed by atoms with E-state index in [1.165, 1.54) is 5.69 Å². The first-order valence-electron chi connectivity index (χ1n) is 5.05. The Kier molecular flexibility index (Phi) is 4.67. The van der Waals surface area contributed by atoms with Gasteiger partial charge in [0.15, 0.2) is 0 Å². The van der Waals surface area contributed by atoms with Crippen molar-refractivity contribution in [2.24, 2.45) is 0 Å². The first-order valence-corrected chi connectivity index (χ1v) is 5.05. The molecule has 0 radical (unpaired) electrons.